The first-order valence-corrected chi connectivity index (χ1v) is 7.33. The second-order valence-electron chi connectivity index (χ2n) is 4.49. The van der Waals surface area contributed by atoms with Gasteiger partial charge < -0.3 is 0 Å². The quantitative estimate of drug-likeness (QED) is 0.452. The number of benzene rings is 2. The van der Waals surface area contributed by atoms with E-state index in [4.69, 9.17) is 0 Å². The first-order valence-electron chi connectivity index (χ1n) is 5.89. The molecule has 3 rings (SSSR count). The minimum Gasteiger partial charge on any atom is -0.268 e. The van der Waals surface area contributed by atoms with Gasteiger partial charge >= 0.3 is 0 Å². The van der Waals surface area contributed by atoms with E-state index in [2.05, 4.69) is 0 Å². The summed E-state index contributed by atoms with van der Waals surface area (Å²) < 4.78 is 91.3. The van der Waals surface area contributed by atoms with Crippen LogP contribution in [0.25, 0.3) is 0 Å². The molecule has 1 aliphatic rings. The fraction of sp³-hybridized carbons (Fsp3) is 0. The number of hydrogen-bond acceptors (Lipinski definition) is 3. The molecule has 0 N–H and O–H groups in total. The summed E-state index contributed by atoms with van der Waals surface area (Å²) in [5.41, 5.74) is -2.26. The Morgan fingerprint density at radius 1 is 0.783 bits per heavy atom. The van der Waals surface area contributed by atoms with Gasteiger partial charge in [0.25, 0.3) is 15.9 Å². The van der Waals surface area contributed by atoms with Gasteiger partial charge in [0, 0.05) is 0 Å². The van der Waals surface area contributed by atoms with Crippen LogP contribution in [0.15, 0.2) is 29.2 Å². The summed E-state index contributed by atoms with van der Waals surface area (Å²) in [4.78, 5) is 11.5. The molecule has 0 aliphatic carbocycles. The predicted octanol–water partition coefficient (Wildman–Crippen LogP) is 2.73. The molecular weight excluding hydrogens is 345 g/mol. The van der Waals surface area contributed by atoms with Gasteiger partial charge in [-0.1, -0.05) is 12.1 Å². The van der Waals surface area contributed by atoms with Crippen LogP contribution in [0.2, 0.25) is 0 Å². The molecule has 0 spiro atoms. The molecule has 0 saturated carbocycles. The third-order valence-corrected chi connectivity index (χ3v) is 4.95. The largest absolute Gasteiger partial charge is 0.273 e. The maximum Gasteiger partial charge on any atom is 0.273 e. The molecule has 2 aromatic rings. The Labute approximate surface area is 125 Å². The van der Waals surface area contributed by atoms with Crippen molar-refractivity contribution in [2.24, 2.45) is 0 Å². The van der Waals surface area contributed by atoms with E-state index in [0.717, 1.165) is 12.1 Å². The second-order valence-corrected chi connectivity index (χ2v) is 6.24. The topological polar surface area (TPSA) is 54.5 Å². The van der Waals surface area contributed by atoms with Crippen molar-refractivity contribution in [3.8, 4) is 0 Å². The molecule has 10 heteroatoms. The highest BCUT2D eigenvalue weighted by atomic mass is 32.2. The summed E-state index contributed by atoms with van der Waals surface area (Å²) in [7, 11) is -4.79. The Hall–Kier alpha value is -2.49. The number of anilines is 1. The van der Waals surface area contributed by atoms with Crippen LogP contribution in [0.3, 0.4) is 0 Å². The van der Waals surface area contributed by atoms with Crippen molar-refractivity contribution in [2.45, 2.75) is 4.90 Å². The highest BCUT2D eigenvalue weighted by molar-refractivity contribution is 7.94. The molecule has 1 amide bonds. The van der Waals surface area contributed by atoms with Gasteiger partial charge in [0.2, 0.25) is 5.82 Å². The first kappa shape index (κ1) is 15.4. The molecule has 1 heterocycles. The van der Waals surface area contributed by atoms with E-state index < -0.39 is 65.5 Å². The molecule has 0 atom stereocenters. The first-order chi connectivity index (χ1) is 10.7. The van der Waals surface area contributed by atoms with Crippen LogP contribution in [0.5, 0.6) is 0 Å². The molecule has 0 aromatic heterocycles. The highest BCUT2D eigenvalue weighted by Crippen LogP contribution is 2.39. The van der Waals surface area contributed by atoms with Gasteiger partial charge in [-0.15, -0.1) is 0 Å². The molecule has 0 radical (unpaired) electrons. The van der Waals surface area contributed by atoms with Crippen molar-refractivity contribution in [2.75, 3.05) is 4.31 Å². The maximum absolute atomic E-state index is 13.8. The minimum atomic E-state index is -4.79. The van der Waals surface area contributed by atoms with Gasteiger partial charge in [-0.2, -0.15) is 4.31 Å². The molecule has 4 nitrogen and oxygen atoms in total. The van der Waals surface area contributed by atoms with Crippen molar-refractivity contribution < 1.29 is 35.2 Å². The van der Waals surface area contributed by atoms with Crippen molar-refractivity contribution in [1.82, 2.24) is 0 Å². The second kappa shape index (κ2) is 4.75. The van der Waals surface area contributed by atoms with E-state index in [0.29, 0.717) is 0 Å². The van der Waals surface area contributed by atoms with Crippen LogP contribution >= 0.6 is 0 Å². The molecule has 2 aromatic carbocycles. The fourth-order valence-corrected chi connectivity index (χ4v) is 3.78. The zero-order chi connectivity index (χ0) is 17.1. The van der Waals surface area contributed by atoms with Gasteiger partial charge in [0.1, 0.15) is 10.6 Å². The number of halogens is 5. The Morgan fingerprint density at radius 2 is 1.26 bits per heavy atom. The van der Waals surface area contributed by atoms with Crippen LogP contribution < -0.4 is 4.31 Å². The lowest BCUT2D eigenvalue weighted by Gasteiger charge is -2.17. The summed E-state index contributed by atoms with van der Waals surface area (Å²) in [5.74, 6) is -13.4. The zero-order valence-electron chi connectivity index (χ0n) is 10.8. The van der Waals surface area contributed by atoms with E-state index in [-0.39, 0.29) is 0 Å². The van der Waals surface area contributed by atoms with E-state index in [1.165, 1.54) is 12.1 Å². The van der Waals surface area contributed by atoms with Gasteiger partial charge in [-0.05, 0) is 12.1 Å². The Kier molecular flexibility index (Phi) is 3.18. The van der Waals surface area contributed by atoms with E-state index in [1.54, 1.807) is 0 Å². The third-order valence-electron chi connectivity index (χ3n) is 3.21. The summed E-state index contributed by atoms with van der Waals surface area (Å²) in [6, 6.07) is 4.57. The molecule has 0 fully saturated rings. The van der Waals surface area contributed by atoms with Crippen molar-refractivity contribution in [3.05, 3.63) is 58.9 Å². The number of amides is 1. The van der Waals surface area contributed by atoms with Crippen molar-refractivity contribution >= 4 is 21.6 Å². The molecule has 1 aliphatic heterocycles. The van der Waals surface area contributed by atoms with Gasteiger partial charge in [-0.25, -0.2) is 30.4 Å². The third kappa shape index (κ3) is 1.87. The summed E-state index contributed by atoms with van der Waals surface area (Å²) in [6.07, 6.45) is 0. The number of sulfonamides is 1. The molecule has 23 heavy (non-hydrogen) atoms. The van der Waals surface area contributed by atoms with Gasteiger partial charge in [-0.3, -0.25) is 4.79 Å². The Balaban J connectivity index is 2.37. The number of rotatable bonds is 1. The molecule has 0 saturated heterocycles. The average Bonchev–Trinajstić information content (AvgIpc) is 2.73. The van der Waals surface area contributed by atoms with Crippen molar-refractivity contribution in [1.29, 1.82) is 0 Å². The predicted molar refractivity (Wildman–Crippen MR) is 66.7 cm³/mol. The SMILES string of the molecule is O=C1c2ccccc2S(=O)(=O)N1c1c(F)c(F)c(F)c(F)c1F. The summed E-state index contributed by atoms with van der Waals surface area (Å²) in [6.45, 7) is 0. The van der Waals surface area contributed by atoms with E-state index in [1.807, 2.05) is 0 Å². The monoisotopic (exact) mass is 349 g/mol. The van der Waals surface area contributed by atoms with Crippen molar-refractivity contribution in [3.63, 3.8) is 0 Å². The number of nitrogens with zero attached hydrogens (tertiary/aromatic N) is 1. The van der Waals surface area contributed by atoms with Gasteiger partial charge in [0.05, 0.1) is 5.56 Å². The molecule has 0 unspecified atom stereocenters. The van der Waals surface area contributed by atoms with Gasteiger partial charge in [0.15, 0.2) is 23.3 Å². The number of fused-ring (bicyclic) bond motifs is 1. The Bertz CT molecular complexity index is 945. The average molecular weight is 349 g/mol. The molecule has 0 bridgehead atoms. The normalized spacial score (nSPS) is 15.9. The van der Waals surface area contributed by atoms with Crippen LogP contribution in [-0.2, 0) is 10.0 Å². The smallest absolute Gasteiger partial charge is 0.268 e. The Morgan fingerprint density at radius 3 is 1.78 bits per heavy atom. The van der Waals surface area contributed by atoms with Crippen LogP contribution in [0.4, 0.5) is 27.6 Å². The summed E-state index contributed by atoms with van der Waals surface area (Å²) in [5, 5.41) is 0. The zero-order valence-corrected chi connectivity index (χ0v) is 11.6. The number of hydrogen-bond donors (Lipinski definition) is 0. The lowest BCUT2D eigenvalue weighted by molar-refractivity contribution is 0.101. The lowest BCUT2D eigenvalue weighted by atomic mass is 10.2. The van der Waals surface area contributed by atoms with Crippen LogP contribution in [-0.4, -0.2) is 14.3 Å². The van der Waals surface area contributed by atoms with Crippen LogP contribution in [0, 0.1) is 29.1 Å². The molecular formula is C13H4F5NO3S. The highest BCUT2D eigenvalue weighted by Gasteiger charge is 2.46. The number of carbonyl (C=O) groups is 1. The fourth-order valence-electron chi connectivity index (χ4n) is 2.18. The van der Waals surface area contributed by atoms with Crippen LogP contribution in [0.1, 0.15) is 10.4 Å². The number of carbonyl (C=O) groups excluding carboxylic acids is 1. The molecule has 120 valence electrons. The summed E-state index contributed by atoms with van der Waals surface area (Å²) >= 11 is 0. The lowest BCUT2D eigenvalue weighted by Crippen LogP contribution is -2.32. The standard InChI is InChI=1S/C13H4F5NO3S/c14-7-8(15)10(17)12(11(18)9(7)16)19-13(20)5-3-1-2-4-6(5)23(19,21)22/h1-4H. The minimum absolute atomic E-state index is 0.423. The van der Waals surface area contributed by atoms with E-state index >= 15 is 0 Å². The van der Waals surface area contributed by atoms with E-state index in [9.17, 15) is 35.2 Å². The maximum atomic E-state index is 13.8.